The summed E-state index contributed by atoms with van der Waals surface area (Å²) in [6.45, 7) is 6.41. The van der Waals surface area contributed by atoms with Crippen molar-refractivity contribution in [3.63, 3.8) is 0 Å². The van der Waals surface area contributed by atoms with Crippen molar-refractivity contribution in [3.8, 4) is 5.75 Å². The van der Waals surface area contributed by atoms with Crippen LogP contribution >= 0.6 is 23.2 Å². The van der Waals surface area contributed by atoms with Gasteiger partial charge in [0.25, 0.3) is 0 Å². The second-order valence-corrected chi connectivity index (χ2v) is 9.23. The standard InChI is InChI=1S/C23H27Cl2N7O/c1-13(2)31-6-5-15(12-31)32-11-14(8-30-32)22(27)17-7-16(3-4-20(17)26)33-23(28)21-18(24)9-29-10-19(21)25/h3-4,7-11,13,15,23,27H,5-6,12,26,28H2,1-2H3/t15-,23+/m1/s1. The van der Waals surface area contributed by atoms with Crippen LogP contribution in [0.4, 0.5) is 5.69 Å². The Hall–Kier alpha value is -2.65. The van der Waals surface area contributed by atoms with Crippen molar-refractivity contribution in [2.24, 2.45) is 5.73 Å². The number of aromatic nitrogens is 3. The minimum absolute atomic E-state index is 0.261. The van der Waals surface area contributed by atoms with E-state index in [2.05, 4.69) is 28.8 Å². The molecule has 1 aliphatic rings. The van der Waals surface area contributed by atoms with Crippen LogP contribution in [-0.4, -0.2) is 44.5 Å². The Morgan fingerprint density at radius 3 is 2.61 bits per heavy atom. The zero-order valence-corrected chi connectivity index (χ0v) is 20.0. The molecule has 0 amide bonds. The van der Waals surface area contributed by atoms with E-state index in [9.17, 15) is 0 Å². The fraction of sp³-hybridized carbons (Fsp3) is 0.348. The maximum atomic E-state index is 8.73. The Morgan fingerprint density at radius 1 is 1.21 bits per heavy atom. The van der Waals surface area contributed by atoms with Gasteiger partial charge in [0.2, 0.25) is 0 Å². The summed E-state index contributed by atoms with van der Waals surface area (Å²) in [5.41, 5.74) is 14.7. The molecule has 0 bridgehead atoms. The molecule has 4 rings (SSSR count). The van der Waals surface area contributed by atoms with Gasteiger partial charge in [0.05, 0.1) is 28.0 Å². The summed E-state index contributed by atoms with van der Waals surface area (Å²) < 4.78 is 7.82. The van der Waals surface area contributed by atoms with Crippen molar-refractivity contribution in [2.75, 3.05) is 18.8 Å². The molecule has 1 aliphatic heterocycles. The van der Waals surface area contributed by atoms with Gasteiger partial charge in [0, 0.05) is 60.1 Å². The van der Waals surface area contributed by atoms with E-state index in [1.54, 1.807) is 24.4 Å². The largest absolute Gasteiger partial charge is 0.471 e. The van der Waals surface area contributed by atoms with Gasteiger partial charge in [-0.2, -0.15) is 5.10 Å². The number of hydrogen-bond donors (Lipinski definition) is 3. The van der Waals surface area contributed by atoms with Crippen LogP contribution < -0.4 is 16.2 Å². The highest BCUT2D eigenvalue weighted by Crippen LogP contribution is 2.31. The molecule has 2 aromatic heterocycles. The molecule has 0 saturated carbocycles. The first-order chi connectivity index (χ1) is 15.7. The van der Waals surface area contributed by atoms with Crippen molar-refractivity contribution < 1.29 is 4.74 Å². The molecule has 3 aromatic rings. The van der Waals surface area contributed by atoms with Crippen molar-refractivity contribution in [3.05, 3.63) is 69.7 Å². The minimum Gasteiger partial charge on any atom is -0.471 e. The van der Waals surface area contributed by atoms with Gasteiger partial charge in [0.1, 0.15) is 5.75 Å². The SMILES string of the molecule is CC(C)N1CC[C@@H](n2cc(C(=N)c3cc(O[C@H](N)c4c(Cl)cncc4Cl)ccc3N)cn2)C1. The number of halogens is 2. The molecule has 2 atom stereocenters. The summed E-state index contributed by atoms with van der Waals surface area (Å²) in [6, 6.07) is 5.87. The number of nitrogens with one attached hydrogen (secondary N) is 1. The summed E-state index contributed by atoms with van der Waals surface area (Å²) in [5, 5.41) is 13.9. The van der Waals surface area contributed by atoms with Crippen LogP contribution in [0.5, 0.6) is 5.75 Å². The molecular formula is C23H27Cl2N7O. The van der Waals surface area contributed by atoms with Gasteiger partial charge < -0.3 is 10.5 Å². The third kappa shape index (κ3) is 4.99. The molecule has 0 unspecified atom stereocenters. The summed E-state index contributed by atoms with van der Waals surface area (Å²) in [7, 11) is 0. The van der Waals surface area contributed by atoms with E-state index < -0.39 is 6.23 Å². The van der Waals surface area contributed by atoms with Crippen LogP contribution in [0.2, 0.25) is 10.0 Å². The number of anilines is 1. The van der Waals surface area contributed by atoms with Gasteiger partial charge >= 0.3 is 0 Å². The van der Waals surface area contributed by atoms with E-state index in [1.165, 1.54) is 12.4 Å². The predicted molar refractivity (Wildman–Crippen MR) is 131 cm³/mol. The average molecular weight is 488 g/mol. The Morgan fingerprint density at radius 2 is 1.94 bits per heavy atom. The first kappa shape index (κ1) is 23.5. The molecule has 174 valence electrons. The highest BCUT2D eigenvalue weighted by Gasteiger charge is 2.26. The highest BCUT2D eigenvalue weighted by molar-refractivity contribution is 6.35. The molecule has 1 saturated heterocycles. The second-order valence-electron chi connectivity index (χ2n) is 8.42. The summed E-state index contributed by atoms with van der Waals surface area (Å²) in [4.78, 5) is 6.36. The third-order valence-corrected chi connectivity index (χ3v) is 6.52. The van der Waals surface area contributed by atoms with Crippen molar-refractivity contribution in [1.82, 2.24) is 19.7 Å². The van der Waals surface area contributed by atoms with Gasteiger partial charge in [-0.15, -0.1) is 0 Å². The predicted octanol–water partition coefficient (Wildman–Crippen LogP) is 4.27. The van der Waals surface area contributed by atoms with E-state index in [0.717, 1.165) is 19.5 Å². The average Bonchev–Trinajstić information content (AvgIpc) is 3.44. The maximum absolute atomic E-state index is 8.73. The Kier molecular flexibility index (Phi) is 6.90. The molecule has 10 heteroatoms. The van der Waals surface area contributed by atoms with Crippen LogP contribution in [0.25, 0.3) is 0 Å². The highest BCUT2D eigenvalue weighted by atomic mass is 35.5. The molecule has 8 nitrogen and oxygen atoms in total. The number of nitrogen functional groups attached to an aromatic ring is 1. The molecule has 0 aliphatic carbocycles. The van der Waals surface area contributed by atoms with Crippen LogP contribution in [0.3, 0.4) is 0 Å². The zero-order valence-electron chi connectivity index (χ0n) is 18.5. The van der Waals surface area contributed by atoms with E-state index >= 15 is 0 Å². The second kappa shape index (κ2) is 9.69. The van der Waals surface area contributed by atoms with Crippen LogP contribution in [-0.2, 0) is 0 Å². The monoisotopic (exact) mass is 487 g/mol. The van der Waals surface area contributed by atoms with Gasteiger partial charge in [-0.1, -0.05) is 23.2 Å². The number of ether oxygens (including phenoxy) is 1. The molecule has 3 heterocycles. The lowest BCUT2D eigenvalue weighted by Gasteiger charge is -2.20. The van der Waals surface area contributed by atoms with E-state index in [-0.39, 0.29) is 5.71 Å². The number of likely N-dealkylation sites (tertiary alicyclic amines) is 1. The molecule has 1 aromatic carbocycles. The number of hydrogen-bond acceptors (Lipinski definition) is 7. The number of benzene rings is 1. The molecule has 1 fully saturated rings. The van der Waals surface area contributed by atoms with Crippen LogP contribution in [0.1, 0.15) is 49.2 Å². The fourth-order valence-corrected chi connectivity index (χ4v) is 4.58. The maximum Gasteiger partial charge on any atom is 0.177 e. The quantitative estimate of drug-likeness (QED) is 0.260. The number of pyridine rings is 1. The van der Waals surface area contributed by atoms with Crippen LogP contribution in [0.15, 0.2) is 43.0 Å². The summed E-state index contributed by atoms with van der Waals surface area (Å²) in [5.74, 6) is 0.441. The number of nitrogens with zero attached hydrogens (tertiary/aromatic N) is 4. The smallest absolute Gasteiger partial charge is 0.177 e. The topological polar surface area (TPSA) is 119 Å². The van der Waals surface area contributed by atoms with Gasteiger partial charge in [-0.3, -0.25) is 25.7 Å². The lowest BCUT2D eigenvalue weighted by Crippen LogP contribution is -2.28. The van der Waals surface area contributed by atoms with E-state index in [4.69, 9.17) is 44.8 Å². The molecule has 0 spiro atoms. The zero-order chi connectivity index (χ0) is 23.7. The first-order valence-electron chi connectivity index (χ1n) is 10.7. The van der Waals surface area contributed by atoms with Crippen molar-refractivity contribution in [2.45, 2.75) is 38.6 Å². The van der Waals surface area contributed by atoms with Crippen LogP contribution in [0, 0.1) is 5.41 Å². The lowest BCUT2D eigenvalue weighted by molar-refractivity contribution is 0.214. The van der Waals surface area contributed by atoms with Gasteiger partial charge in [0.15, 0.2) is 6.23 Å². The van der Waals surface area contributed by atoms with Gasteiger partial charge in [-0.25, -0.2) is 0 Å². The Balaban J connectivity index is 1.52. The Bertz CT molecular complexity index is 1140. The minimum atomic E-state index is -0.910. The Labute approximate surface area is 202 Å². The molecular weight excluding hydrogens is 461 g/mol. The lowest BCUT2D eigenvalue weighted by atomic mass is 10.0. The normalized spacial score (nSPS) is 17.5. The number of nitrogens with two attached hydrogens (primary N) is 2. The fourth-order valence-electron chi connectivity index (χ4n) is 4.00. The summed E-state index contributed by atoms with van der Waals surface area (Å²) >= 11 is 12.4. The van der Waals surface area contributed by atoms with E-state index in [0.29, 0.717) is 50.3 Å². The third-order valence-electron chi connectivity index (χ3n) is 5.92. The van der Waals surface area contributed by atoms with Crippen molar-refractivity contribution in [1.29, 1.82) is 5.41 Å². The molecule has 33 heavy (non-hydrogen) atoms. The molecule has 5 N–H and O–H groups in total. The van der Waals surface area contributed by atoms with E-state index in [1.807, 2.05) is 10.9 Å². The number of rotatable bonds is 7. The van der Waals surface area contributed by atoms with Gasteiger partial charge in [-0.05, 0) is 38.5 Å². The van der Waals surface area contributed by atoms with Crippen molar-refractivity contribution >= 4 is 34.6 Å². The first-order valence-corrected chi connectivity index (χ1v) is 11.5. The summed E-state index contributed by atoms with van der Waals surface area (Å²) in [6.07, 6.45) is 6.65. The molecule has 0 radical (unpaired) electrons.